The van der Waals surface area contributed by atoms with Crippen molar-refractivity contribution in [2.45, 2.75) is 33.2 Å². The molecule has 0 atom stereocenters. The summed E-state index contributed by atoms with van der Waals surface area (Å²) in [7, 11) is 0. The van der Waals surface area contributed by atoms with Crippen LogP contribution in [-0.2, 0) is 19.4 Å². The first-order valence-corrected chi connectivity index (χ1v) is 6.96. The van der Waals surface area contributed by atoms with E-state index >= 15 is 0 Å². The summed E-state index contributed by atoms with van der Waals surface area (Å²) in [5.74, 6) is -0.363. The maximum atomic E-state index is 13.1. The normalized spacial score (nSPS) is 10.8. The van der Waals surface area contributed by atoms with Gasteiger partial charge in [-0.15, -0.1) is 0 Å². The molecule has 106 valence electrons. The Morgan fingerprint density at radius 3 is 2.65 bits per heavy atom. The Labute approximate surface area is 122 Å². The smallest absolute Gasteiger partial charge is 0.153 e. The molecule has 0 aliphatic heterocycles. The summed E-state index contributed by atoms with van der Waals surface area (Å²) < 4.78 is 14.8. The molecule has 0 fully saturated rings. The molecule has 5 heteroatoms. The molecule has 0 amide bonds. The molecular weight excluding hydrogens is 279 g/mol. The van der Waals surface area contributed by atoms with Gasteiger partial charge in [0.2, 0.25) is 0 Å². The summed E-state index contributed by atoms with van der Waals surface area (Å²) >= 11 is 6.04. The molecule has 0 spiro atoms. The van der Waals surface area contributed by atoms with Crippen LogP contribution in [0.15, 0.2) is 18.2 Å². The molecule has 0 bridgehead atoms. The Morgan fingerprint density at radius 1 is 1.35 bits per heavy atom. The molecule has 0 aliphatic rings. The maximum absolute atomic E-state index is 13.1. The van der Waals surface area contributed by atoms with E-state index in [-0.39, 0.29) is 5.82 Å². The summed E-state index contributed by atoms with van der Waals surface area (Å²) in [4.78, 5) is 11.2. The van der Waals surface area contributed by atoms with E-state index < -0.39 is 0 Å². The quantitative estimate of drug-likeness (QED) is 0.789. The van der Waals surface area contributed by atoms with Crippen LogP contribution in [0.25, 0.3) is 0 Å². The Balaban J connectivity index is 2.42. The number of hydrogen-bond donors (Lipinski definition) is 0. The Hall–Kier alpha value is -1.68. The van der Waals surface area contributed by atoms with Crippen molar-refractivity contribution in [2.75, 3.05) is 0 Å². The van der Waals surface area contributed by atoms with Crippen molar-refractivity contribution in [1.29, 1.82) is 0 Å². The lowest BCUT2D eigenvalue weighted by atomic mass is 10.1. The molecule has 0 radical (unpaired) electrons. The van der Waals surface area contributed by atoms with Crippen LogP contribution in [0.4, 0.5) is 4.39 Å². The molecule has 0 saturated carbocycles. The number of aromatic nitrogens is 2. The van der Waals surface area contributed by atoms with Crippen LogP contribution in [0.1, 0.15) is 41.2 Å². The zero-order valence-corrected chi connectivity index (χ0v) is 12.2. The van der Waals surface area contributed by atoms with Gasteiger partial charge >= 0.3 is 0 Å². The van der Waals surface area contributed by atoms with Crippen molar-refractivity contribution < 1.29 is 9.18 Å². The minimum absolute atomic E-state index is 0.363. The van der Waals surface area contributed by atoms with Crippen molar-refractivity contribution in [3.63, 3.8) is 0 Å². The second-order valence-electron chi connectivity index (χ2n) is 4.53. The van der Waals surface area contributed by atoms with Crippen molar-refractivity contribution in [3.05, 3.63) is 51.6 Å². The third kappa shape index (κ3) is 2.75. The van der Waals surface area contributed by atoms with E-state index in [0.717, 1.165) is 23.2 Å². The zero-order valence-electron chi connectivity index (χ0n) is 11.5. The highest BCUT2D eigenvalue weighted by atomic mass is 35.5. The lowest BCUT2D eigenvalue weighted by Gasteiger charge is -2.08. The van der Waals surface area contributed by atoms with Crippen LogP contribution in [-0.4, -0.2) is 16.1 Å². The van der Waals surface area contributed by atoms with Gasteiger partial charge in [0, 0.05) is 10.7 Å². The predicted molar refractivity (Wildman–Crippen MR) is 76.9 cm³/mol. The average molecular weight is 295 g/mol. The first-order valence-electron chi connectivity index (χ1n) is 6.58. The minimum atomic E-state index is -0.363. The van der Waals surface area contributed by atoms with Gasteiger partial charge in [-0.2, -0.15) is 5.10 Å². The lowest BCUT2D eigenvalue weighted by Crippen LogP contribution is -2.07. The Kier molecular flexibility index (Phi) is 4.55. The number of nitrogens with zero attached hydrogens (tertiary/aromatic N) is 2. The first kappa shape index (κ1) is 14.7. The SMILES string of the molecule is CCc1nn(Cc2ccc(F)cc2Cl)c(CC)c1C=O. The Bertz CT molecular complexity index is 637. The number of carbonyl (C=O) groups is 1. The molecule has 3 nitrogen and oxygen atoms in total. The summed E-state index contributed by atoms with van der Waals surface area (Å²) in [5, 5.41) is 4.83. The van der Waals surface area contributed by atoms with Gasteiger partial charge in [0.05, 0.1) is 17.8 Å². The molecule has 0 unspecified atom stereocenters. The van der Waals surface area contributed by atoms with Gasteiger partial charge in [-0.1, -0.05) is 31.5 Å². The predicted octanol–water partition coefficient (Wildman–Crippen LogP) is 3.66. The van der Waals surface area contributed by atoms with E-state index in [1.807, 2.05) is 13.8 Å². The molecule has 0 saturated heterocycles. The number of hydrogen-bond acceptors (Lipinski definition) is 2. The van der Waals surface area contributed by atoms with Crippen LogP contribution < -0.4 is 0 Å². The van der Waals surface area contributed by atoms with Crippen LogP contribution in [0.5, 0.6) is 0 Å². The van der Waals surface area contributed by atoms with Gasteiger partial charge in [-0.05, 0) is 30.5 Å². The molecule has 0 N–H and O–H groups in total. The first-order chi connectivity index (χ1) is 9.60. The number of rotatable bonds is 5. The topological polar surface area (TPSA) is 34.9 Å². The highest BCUT2D eigenvalue weighted by Crippen LogP contribution is 2.21. The van der Waals surface area contributed by atoms with Crippen molar-refractivity contribution in [3.8, 4) is 0 Å². The van der Waals surface area contributed by atoms with Gasteiger partial charge in [-0.3, -0.25) is 9.48 Å². The van der Waals surface area contributed by atoms with E-state index in [4.69, 9.17) is 11.6 Å². The second kappa shape index (κ2) is 6.18. The summed E-state index contributed by atoms with van der Waals surface area (Å²) in [6.45, 7) is 4.37. The van der Waals surface area contributed by atoms with Gasteiger partial charge in [0.1, 0.15) is 5.82 Å². The van der Waals surface area contributed by atoms with Crippen LogP contribution in [0.2, 0.25) is 5.02 Å². The molecular formula is C15H16ClFN2O. The van der Waals surface area contributed by atoms with Crippen LogP contribution >= 0.6 is 11.6 Å². The molecule has 1 aromatic heterocycles. The molecule has 20 heavy (non-hydrogen) atoms. The number of aryl methyl sites for hydroxylation is 1. The summed E-state index contributed by atoms with van der Waals surface area (Å²) in [6, 6.07) is 4.30. The Morgan fingerprint density at radius 2 is 2.10 bits per heavy atom. The van der Waals surface area contributed by atoms with Gasteiger partial charge < -0.3 is 0 Å². The minimum Gasteiger partial charge on any atom is -0.298 e. The zero-order chi connectivity index (χ0) is 14.7. The monoisotopic (exact) mass is 294 g/mol. The fraction of sp³-hybridized carbons (Fsp3) is 0.333. The molecule has 2 aromatic rings. The number of aldehydes is 1. The molecule has 1 aromatic carbocycles. The second-order valence-corrected chi connectivity index (χ2v) is 4.93. The highest BCUT2D eigenvalue weighted by molar-refractivity contribution is 6.31. The third-order valence-corrected chi connectivity index (χ3v) is 3.65. The summed E-state index contributed by atoms with van der Waals surface area (Å²) in [5.41, 5.74) is 3.12. The standard InChI is InChI=1S/C15H16ClFN2O/c1-3-14-12(9-20)15(4-2)19(18-14)8-10-5-6-11(17)7-13(10)16/h5-7,9H,3-4,8H2,1-2H3. The van der Waals surface area contributed by atoms with E-state index in [1.165, 1.54) is 12.1 Å². The van der Waals surface area contributed by atoms with Crippen molar-refractivity contribution in [1.82, 2.24) is 9.78 Å². The fourth-order valence-electron chi connectivity index (χ4n) is 2.28. The van der Waals surface area contributed by atoms with E-state index in [0.29, 0.717) is 30.0 Å². The van der Waals surface area contributed by atoms with Crippen molar-refractivity contribution in [2.24, 2.45) is 0 Å². The van der Waals surface area contributed by atoms with E-state index in [9.17, 15) is 9.18 Å². The van der Waals surface area contributed by atoms with E-state index in [1.54, 1.807) is 10.7 Å². The average Bonchev–Trinajstić information content (AvgIpc) is 2.78. The van der Waals surface area contributed by atoms with Gasteiger partial charge in [0.15, 0.2) is 6.29 Å². The van der Waals surface area contributed by atoms with Crippen molar-refractivity contribution >= 4 is 17.9 Å². The van der Waals surface area contributed by atoms with Crippen LogP contribution in [0.3, 0.4) is 0 Å². The van der Waals surface area contributed by atoms with E-state index in [2.05, 4.69) is 5.10 Å². The maximum Gasteiger partial charge on any atom is 0.153 e. The largest absolute Gasteiger partial charge is 0.298 e. The van der Waals surface area contributed by atoms with Crippen LogP contribution in [0, 0.1) is 5.82 Å². The molecule has 0 aliphatic carbocycles. The fourth-order valence-corrected chi connectivity index (χ4v) is 2.50. The number of benzene rings is 1. The molecule has 2 rings (SSSR count). The number of carbonyl (C=O) groups excluding carboxylic acids is 1. The van der Waals surface area contributed by atoms with Gasteiger partial charge in [0.25, 0.3) is 0 Å². The highest BCUT2D eigenvalue weighted by Gasteiger charge is 2.15. The van der Waals surface area contributed by atoms with Gasteiger partial charge in [-0.25, -0.2) is 4.39 Å². The third-order valence-electron chi connectivity index (χ3n) is 3.30. The number of halogens is 2. The summed E-state index contributed by atoms with van der Waals surface area (Å²) in [6.07, 6.45) is 2.26. The lowest BCUT2D eigenvalue weighted by molar-refractivity contribution is 0.112. The molecule has 1 heterocycles.